The van der Waals surface area contributed by atoms with Gasteiger partial charge in [0.2, 0.25) is 0 Å². The van der Waals surface area contributed by atoms with Crippen LogP contribution >= 0.6 is 15.9 Å². The van der Waals surface area contributed by atoms with Crippen LogP contribution in [0, 0.1) is 19.3 Å². The lowest BCUT2D eigenvalue weighted by Gasteiger charge is -2.11. The molecule has 2 rings (SSSR count). The zero-order valence-electron chi connectivity index (χ0n) is 11.5. The number of halogens is 1. The molecule has 3 N–H and O–H groups in total. The summed E-state index contributed by atoms with van der Waals surface area (Å²) in [6, 6.07) is 11.7. The Balaban J connectivity index is 2.13. The lowest BCUT2D eigenvalue weighted by molar-refractivity contribution is 0.303. The van der Waals surface area contributed by atoms with Crippen molar-refractivity contribution < 1.29 is 4.74 Å². The fraction of sp³-hybridized carbons (Fsp3) is 0.188. The van der Waals surface area contributed by atoms with E-state index in [1.165, 1.54) is 5.56 Å². The van der Waals surface area contributed by atoms with Crippen LogP contribution in [-0.2, 0) is 6.61 Å². The molecule has 0 aliphatic heterocycles. The van der Waals surface area contributed by atoms with Gasteiger partial charge in [-0.15, -0.1) is 0 Å². The number of nitrogens with one attached hydrogen (secondary N) is 1. The molecule has 2 aromatic rings. The number of hydrogen-bond donors (Lipinski definition) is 2. The minimum atomic E-state index is 0.0850. The quantitative estimate of drug-likeness (QED) is 0.658. The number of nitrogens with two attached hydrogens (primary N) is 1. The standard InChI is InChI=1S/C16H17BrN2O/c1-10-3-6-15(14(17)7-10)20-9-13-5-4-12(16(18)19)8-11(13)2/h3-8H,9H2,1-2H3,(H3,18,19). The van der Waals surface area contributed by atoms with E-state index in [1.54, 1.807) is 0 Å². The van der Waals surface area contributed by atoms with Gasteiger partial charge in [0.25, 0.3) is 0 Å². The van der Waals surface area contributed by atoms with Crippen molar-refractivity contribution in [2.75, 3.05) is 0 Å². The van der Waals surface area contributed by atoms with Crippen LogP contribution in [0.3, 0.4) is 0 Å². The summed E-state index contributed by atoms with van der Waals surface area (Å²) in [7, 11) is 0. The maximum absolute atomic E-state index is 7.43. The Morgan fingerprint density at radius 3 is 2.55 bits per heavy atom. The van der Waals surface area contributed by atoms with Crippen LogP contribution in [0.1, 0.15) is 22.3 Å². The van der Waals surface area contributed by atoms with Crippen LogP contribution < -0.4 is 10.5 Å². The van der Waals surface area contributed by atoms with E-state index in [-0.39, 0.29) is 5.84 Å². The summed E-state index contributed by atoms with van der Waals surface area (Å²) in [4.78, 5) is 0. The van der Waals surface area contributed by atoms with Crippen LogP contribution in [0.15, 0.2) is 40.9 Å². The maximum Gasteiger partial charge on any atom is 0.134 e. The van der Waals surface area contributed by atoms with Crippen LogP contribution in [0.2, 0.25) is 0 Å². The van der Waals surface area contributed by atoms with Crippen molar-refractivity contribution in [3.8, 4) is 5.75 Å². The van der Waals surface area contributed by atoms with E-state index in [4.69, 9.17) is 15.9 Å². The Bertz CT molecular complexity index is 653. The van der Waals surface area contributed by atoms with E-state index >= 15 is 0 Å². The molecular weight excluding hydrogens is 316 g/mol. The Morgan fingerprint density at radius 2 is 1.95 bits per heavy atom. The van der Waals surface area contributed by atoms with Gasteiger partial charge in [-0.2, -0.15) is 0 Å². The van der Waals surface area contributed by atoms with Crippen molar-refractivity contribution in [1.29, 1.82) is 5.41 Å². The highest BCUT2D eigenvalue weighted by Crippen LogP contribution is 2.26. The van der Waals surface area contributed by atoms with Crippen molar-refractivity contribution in [3.63, 3.8) is 0 Å². The summed E-state index contributed by atoms with van der Waals surface area (Å²) in [5, 5.41) is 7.43. The summed E-state index contributed by atoms with van der Waals surface area (Å²) < 4.78 is 6.78. The van der Waals surface area contributed by atoms with E-state index in [0.29, 0.717) is 6.61 Å². The maximum atomic E-state index is 7.43. The van der Waals surface area contributed by atoms with Crippen molar-refractivity contribution in [2.24, 2.45) is 5.73 Å². The van der Waals surface area contributed by atoms with E-state index < -0.39 is 0 Å². The molecule has 0 atom stereocenters. The van der Waals surface area contributed by atoms with E-state index in [2.05, 4.69) is 15.9 Å². The van der Waals surface area contributed by atoms with Crippen molar-refractivity contribution in [3.05, 3.63) is 63.1 Å². The van der Waals surface area contributed by atoms with Gasteiger partial charge in [0, 0.05) is 5.56 Å². The normalized spacial score (nSPS) is 10.3. The van der Waals surface area contributed by atoms with Crippen molar-refractivity contribution >= 4 is 21.8 Å². The van der Waals surface area contributed by atoms with E-state index in [1.807, 2.05) is 50.2 Å². The molecule has 0 amide bonds. The zero-order valence-corrected chi connectivity index (χ0v) is 13.1. The Kier molecular flexibility index (Phi) is 4.45. The predicted octanol–water partition coefficient (Wildman–Crippen LogP) is 3.93. The second kappa shape index (κ2) is 6.09. The third-order valence-corrected chi connectivity index (χ3v) is 3.74. The molecule has 0 saturated carbocycles. The minimum absolute atomic E-state index is 0.0850. The van der Waals surface area contributed by atoms with Gasteiger partial charge < -0.3 is 10.5 Å². The molecule has 104 valence electrons. The molecule has 0 aliphatic carbocycles. The van der Waals surface area contributed by atoms with Crippen molar-refractivity contribution in [1.82, 2.24) is 0 Å². The molecule has 0 heterocycles. The van der Waals surface area contributed by atoms with Crippen LogP contribution in [0.4, 0.5) is 0 Å². The molecule has 0 aromatic heterocycles. The van der Waals surface area contributed by atoms with Crippen molar-refractivity contribution in [2.45, 2.75) is 20.5 Å². The molecule has 20 heavy (non-hydrogen) atoms. The summed E-state index contributed by atoms with van der Waals surface area (Å²) in [5.74, 6) is 0.910. The van der Waals surface area contributed by atoms with Gasteiger partial charge in [-0.25, -0.2) is 0 Å². The molecule has 0 spiro atoms. The number of rotatable bonds is 4. The van der Waals surface area contributed by atoms with Gasteiger partial charge in [-0.05, 0) is 64.7 Å². The van der Waals surface area contributed by atoms with E-state index in [0.717, 1.165) is 26.9 Å². The third-order valence-electron chi connectivity index (χ3n) is 3.12. The number of aryl methyl sites for hydroxylation is 2. The second-order valence-corrected chi connectivity index (χ2v) is 5.63. The largest absolute Gasteiger partial charge is 0.488 e. The lowest BCUT2D eigenvalue weighted by atomic mass is 10.1. The van der Waals surface area contributed by atoms with Gasteiger partial charge in [0.15, 0.2) is 0 Å². The fourth-order valence-corrected chi connectivity index (χ4v) is 2.51. The Labute approximate surface area is 127 Å². The molecule has 0 bridgehead atoms. The molecule has 2 aromatic carbocycles. The number of benzene rings is 2. The number of ether oxygens (including phenoxy) is 1. The fourth-order valence-electron chi connectivity index (χ4n) is 1.90. The first-order valence-electron chi connectivity index (χ1n) is 6.30. The summed E-state index contributed by atoms with van der Waals surface area (Å²) in [5.41, 5.74) is 9.56. The summed E-state index contributed by atoms with van der Waals surface area (Å²) >= 11 is 3.50. The van der Waals surface area contributed by atoms with Gasteiger partial charge >= 0.3 is 0 Å². The average Bonchev–Trinajstić information content (AvgIpc) is 2.38. The van der Waals surface area contributed by atoms with Gasteiger partial charge in [0.1, 0.15) is 18.2 Å². The summed E-state index contributed by atoms with van der Waals surface area (Å²) in [6.45, 7) is 4.53. The van der Waals surface area contributed by atoms with E-state index in [9.17, 15) is 0 Å². The first-order chi connectivity index (χ1) is 9.47. The SMILES string of the molecule is Cc1ccc(OCc2ccc(C(=N)N)cc2C)c(Br)c1. The molecule has 4 heteroatoms. The zero-order chi connectivity index (χ0) is 14.7. The first-order valence-corrected chi connectivity index (χ1v) is 7.09. The molecule has 0 fully saturated rings. The highest BCUT2D eigenvalue weighted by atomic mass is 79.9. The Hall–Kier alpha value is -1.81. The third kappa shape index (κ3) is 3.39. The van der Waals surface area contributed by atoms with Crippen LogP contribution in [-0.4, -0.2) is 5.84 Å². The van der Waals surface area contributed by atoms with Gasteiger partial charge in [-0.1, -0.05) is 18.2 Å². The number of nitrogen functional groups attached to an aromatic ring is 1. The highest BCUT2D eigenvalue weighted by molar-refractivity contribution is 9.10. The summed E-state index contributed by atoms with van der Waals surface area (Å²) in [6.07, 6.45) is 0. The smallest absolute Gasteiger partial charge is 0.134 e. The van der Waals surface area contributed by atoms with Crippen LogP contribution in [0.5, 0.6) is 5.75 Å². The highest BCUT2D eigenvalue weighted by Gasteiger charge is 2.05. The van der Waals surface area contributed by atoms with Gasteiger partial charge in [-0.3, -0.25) is 5.41 Å². The molecule has 0 saturated heterocycles. The lowest BCUT2D eigenvalue weighted by Crippen LogP contribution is -2.11. The number of amidine groups is 1. The number of hydrogen-bond acceptors (Lipinski definition) is 2. The second-order valence-electron chi connectivity index (χ2n) is 4.78. The van der Waals surface area contributed by atoms with Gasteiger partial charge in [0.05, 0.1) is 4.47 Å². The molecule has 0 aliphatic rings. The molecule has 0 unspecified atom stereocenters. The minimum Gasteiger partial charge on any atom is -0.488 e. The molecular formula is C16H17BrN2O. The van der Waals surface area contributed by atoms with Crippen LogP contribution in [0.25, 0.3) is 0 Å². The topological polar surface area (TPSA) is 59.1 Å². The Morgan fingerprint density at radius 1 is 1.20 bits per heavy atom. The monoisotopic (exact) mass is 332 g/mol. The molecule has 0 radical (unpaired) electrons. The first kappa shape index (κ1) is 14.6. The molecule has 3 nitrogen and oxygen atoms in total. The average molecular weight is 333 g/mol. The predicted molar refractivity (Wildman–Crippen MR) is 85.4 cm³/mol.